The molecule has 0 unspecified atom stereocenters. The summed E-state index contributed by atoms with van der Waals surface area (Å²) in [6.45, 7) is -0.233. The van der Waals surface area contributed by atoms with Gasteiger partial charge in [0, 0.05) is 12.6 Å². The monoisotopic (exact) mass is 388 g/mol. The number of benzene rings is 1. The average molecular weight is 388 g/mol. The van der Waals surface area contributed by atoms with Crippen molar-refractivity contribution in [3.8, 4) is 0 Å². The molecule has 144 valence electrons. The van der Waals surface area contributed by atoms with E-state index in [4.69, 9.17) is 11.5 Å². The van der Waals surface area contributed by atoms with Crippen molar-refractivity contribution < 1.29 is 27.7 Å². The van der Waals surface area contributed by atoms with Crippen molar-refractivity contribution in [1.82, 2.24) is 4.72 Å². The van der Waals surface area contributed by atoms with Crippen LogP contribution in [-0.4, -0.2) is 38.5 Å². The Bertz CT molecular complexity index is 766. The number of nitrogens with one attached hydrogen (secondary N) is 1. The Balaban J connectivity index is 2.53. The third-order valence-corrected chi connectivity index (χ3v) is 4.96. The van der Waals surface area contributed by atoms with Crippen molar-refractivity contribution in [2.75, 3.05) is 13.2 Å². The summed E-state index contributed by atoms with van der Waals surface area (Å²) in [6.07, 6.45) is 0.0130. The average Bonchev–Trinajstić information content (AvgIpc) is 2.56. The summed E-state index contributed by atoms with van der Waals surface area (Å²) in [7, 11) is -4.04. The highest BCUT2D eigenvalue weighted by Crippen LogP contribution is 2.22. The number of hydrogen-bond donors (Lipinski definition) is 3. The molecule has 1 aromatic carbocycles. The molecule has 2 amide bonds. The first kappa shape index (κ1) is 21.3. The lowest BCUT2D eigenvalue weighted by Crippen LogP contribution is -2.30. The van der Waals surface area contributed by atoms with Crippen molar-refractivity contribution in [3.63, 3.8) is 0 Å². The first-order valence-electron chi connectivity index (χ1n) is 7.59. The minimum absolute atomic E-state index is 0.0105. The molecule has 0 saturated carbocycles. The summed E-state index contributed by atoms with van der Waals surface area (Å²) >= 11 is 0. The Labute approximate surface area is 149 Å². The molecule has 0 aliphatic heterocycles. The Kier molecular flexibility index (Phi) is 7.93. The second-order valence-electron chi connectivity index (χ2n) is 5.35. The lowest BCUT2D eigenvalue weighted by Gasteiger charge is -2.12. The highest BCUT2D eigenvalue weighted by molar-refractivity contribution is 7.89. The number of nitro benzene ring substituents is 1. The molecule has 0 fully saturated rings. The number of carbonyl (C=O) groups is 2. The van der Waals surface area contributed by atoms with Gasteiger partial charge in [-0.15, -0.1) is 0 Å². The molecular weight excluding hydrogens is 368 g/mol. The summed E-state index contributed by atoms with van der Waals surface area (Å²) < 4.78 is 31.2. The van der Waals surface area contributed by atoms with Crippen LogP contribution in [0.1, 0.15) is 19.3 Å². The van der Waals surface area contributed by atoms with Gasteiger partial charge in [0.25, 0.3) is 5.69 Å². The van der Waals surface area contributed by atoms with Crippen molar-refractivity contribution in [3.05, 3.63) is 34.4 Å². The van der Waals surface area contributed by atoms with Gasteiger partial charge in [0.1, 0.15) is 6.61 Å². The molecule has 1 aromatic rings. The molecule has 0 radical (unpaired) electrons. The molecule has 11 nitrogen and oxygen atoms in total. The van der Waals surface area contributed by atoms with Gasteiger partial charge in [-0.2, -0.15) is 0 Å². The highest BCUT2D eigenvalue weighted by Gasteiger charge is 2.24. The van der Waals surface area contributed by atoms with Crippen LogP contribution in [0.25, 0.3) is 0 Å². The third kappa shape index (κ3) is 6.64. The van der Waals surface area contributed by atoms with E-state index in [-0.39, 0.29) is 19.6 Å². The molecule has 0 aromatic heterocycles. The normalized spacial score (nSPS) is 12.3. The third-order valence-electron chi connectivity index (χ3n) is 3.45. The van der Waals surface area contributed by atoms with Gasteiger partial charge >= 0.3 is 6.09 Å². The number of amides is 2. The largest absolute Gasteiger partial charge is 0.449 e. The van der Waals surface area contributed by atoms with Crippen LogP contribution in [0.4, 0.5) is 10.5 Å². The van der Waals surface area contributed by atoms with E-state index in [1.54, 1.807) is 0 Å². The molecule has 1 atom stereocenters. The van der Waals surface area contributed by atoms with E-state index in [1.807, 2.05) is 0 Å². The quantitative estimate of drug-likeness (QED) is 0.275. The second-order valence-corrected chi connectivity index (χ2v) is 7.08. The Morgan fingerprint density at radius 1 is 1.23 bits per heavy atom. The number of hydrogen-bond acceptors (Lipinski definition) is 7. The van der Waals surface area contributed by atoms with Crippen LogP contribution < -0.4 is 16.2 Å². The molecule has 0 aliphatic carbocycles. The number of sulfonamides is 1. The first-order chi connectivity index (χ1) is 12.1. The molecular formula is C14H20N4O7S. The fourth-order valence-electron chi connectivity index (χ4n) is 2.13. The topological polar surface area (TPSA) is 185 Å². The highest BCUT2D eigenvalue weighted by atomic mass is 32.2. The van der Waals surface area contributed by atoms with Crippen LogP contribution >= 0.6 is 0 Å². The summed E-state index contributed by atoms with van der Waals surface area (Å²) in [5, 5.41) is 10.9. The lowest BCUT2D eigenvalue weighted by atomic mass is 10.0. The molecule has 12 heteroatoms. The molecule has 5 N–H and O–H groups in total. The van der Waals surface area contributed by atoms with Gasteiger partial charge in [-0.1, -0.05) is 18.6 Å². The van der Waals surface area contributed by atoms with Gasteiger partial charge in [-0.3, -0.25) is 14.9 Å². The number of ether oxygens (including phenoxy) is 1. The lowest BCUT2D eigenvalue weighted by molar-refractivity contribution is -0.387. The van der Waals surface area contributed by atoms with E-state index in [1.165, 1.54) is 12.1 Å². The Morgan fingerprint density at radius 3 is 2.46 bits per heavy atom. The van der Waals surface area contributed by atoms with E-state index < -0.39 is 43.4 Å². The fraction of sp³-hybridized carbons (Fsp3) is 0.429. The van der Waals surface area contributed by atoms with E-state index in [0.717, 1.165) is 12.1 Å². The minimum atomic E-state index is -4.04. The maximum atomic E-state index is 12.2. The number of rotatable bonds is 11. The number of nitro groups is 1. The molecule has 1 rings (SSSR count). The summed E-state index contributed by atoms with van der Waals surface area (Å²) in [5.41, 5.74) is 9.48. The predicted molar refractivity (Wildman–Crippen MR) is 90.4 cm³/mol. The van der Waals surface area contributed by atoms with Crippen LogP contribution in [0.2, 0.25) is 0 Å². The molecule has 0 bridgehead atoms. The van der Waals surface area contributed by atoms with Gasteiger partial charge in [0.15, 0.2) is 4.90 Å². The Morgan fingerprint density at radius 2 is 1.88 bits per heavy atom. The van der Waals surface area contributed by atoms with Crippen LogP contribution in [0.15, 0.2) is 29.2 Å². The second kappa shape index (κ2) is 9.68. The van der Waals surface area contributed by atoms with E-state index in [0.29, 0.717) is 12.8 Å². The number of nitrogens with zero attached hydrogens (tertiary/aromatic N) is 1. The summed E-state index contributed by atoms with van der Waals surface area (Å²) in [6, 6.07) is 5.00. The smallest absolute Gasteiger partial charge is 0.404 e. The molecule has 0 heterocycles. The number of carbonyl (C=O) groups excluding carboxylic acids is 2. The fourth-order valence-corrected chi connectivity index (χ4v) is 3.37. The zero-order valence-electron chi connectivity index (χ0n) is 13.8. The van der Waals surface area contributed by atoms with E-state index in [2.05, 4.69) is 9.46 Å². The molecule has 26 heavy (non-hydrogen) atoms. The van der Waals surface area contributed by atoms with Gasteiger partial charge in [-0.25, -0.2) is 17.9 Å². The zero-order chi connectivity index (χ0) is 19.7. The van der Waals surface area contributed by atoms with E-state index in [9.17, 15) is 28.1 Å². The van der Waals surface area contributed by atoms with Crippen LogP contribution in [0.5, 0.6) is 0 Å². The van der Waals surface area contributed by atoms with Gasteiger partial charge in [0.2, 0.25) is 15.9 Å². The van der Waals surface area contributed by atoms with E-state index >= 15 is 0 Å². The first-order valence-corrected chi connectivity index (χ1v) is 9.08. The minimum Gasteiger partial charge on any atom is -0.449 e. The molecule has 0 aliphatic rings. The number of primary amides is 2. The predicted octanol–water partition coefficient (Wildman–Crippen LogP) is 0.240. The maximum Gasteiger partial charge on any atom is 0.404 e. The number of para-hydroxylation sites is 1. The maximum absolute atomic E-state index is 12.2. The zero-order valence-corrected chi connectivity index (χ0v) is 14.6. The Hall–Kier alpha value is -2.73. The van der Waals surface area contributed by atoms with Crippen molar-refractivity contribution in [2.24, 2.45) is 17.4 Å². The van der Waals surface area contributed by atoms with Crippen LogP contribution in [-0.2, 0) is 19.6 Å². The van der Waals surface area contributed by atoms with Crippen LogP contribution in [0, 0.1) is 16.0 Å². The summed E-state index contributed by atoms with van der Waals surface area (Å²) in [4.78, 5) is 31.5. The molecule has 0 spiro atoms. The van der Waals surface area contributed by atoms with Crippen molar-refractivity contribution in [1.29, 1.82) is 0 Å². The van der Waals surface area contributed by atoms with Gasteiger partial charge < -0.3 is 16.2 Å². The molecule has 0 saturated heterocycles. The summed E-state index contributed by atoms with van der Waals surface area (Å²) in [5.74, 6) is -1.39. The van der Waals surface area contributed by atoms with Gasteiger partial charge in [-0.05, 0) is 18.9 Å². The SMILES string of the molecule is NC(=O)OC[C@H](CCCCNS(=O)(=O)c1ccccc1[N+](=O)[O-])C(N)=O. The standard InChI is InChI=1S/C14H20N4O7S/c15-13(19)10(9-25-14(16)20)5-3-4-8-17-26(23,24)12-7-2-1-6-11(12)18(21)22/h1-2,6-7,10,17H,3-5,8-9H2,(H2,15,19)(H2,16,20)/t10-/m0/s1. The van der Waals surface area contributed by atoms with Crippen LogP contribution in [0.3, 0.4) is 0 Å². The van der Waals surface area contributed by atoms with Crippen molar-refractivity contribution >= 4 is 27.7 Å². The number of nitrogens with two attached hydrogens (primary N) is 2. The van der Waals surface area contributed by atoms with Crippen molar-refractivity contribution in [2.45, 2.75) is 24.2 Å². The van der Waals surface area contributed by atoms with Gasteiger partial charge in [0.05, 0.1) is 10.8 Å². The number of unbranched alkanes of at least 4 members (excludes halogenated alkanes) is 1.